The molecule has 1 unspecified atom stereocenters. The molecule has 3 heterocycles. The third-order valence-electron chi connectivity index (χ3n) is 3.87. The number of hydrogen-bond acceptors (Lipinski definition) is 4. The molecule has 0 spiro atoms. The van der Waals surface area contributed by atoms with Crippen molar-refractivity contribution < 1.29 is 9.21 Å². The molecule has 21 heavy (non-hydrogen) atoms. The zero-order valence-electron chi connectivity index (χ0n) is 12.0. The number of halogens is 1. The summed E-state index contributed by atoms with van der Waals surface area (Å²) in [5.41, 5.74) is 2.55. The number of aromatic nitrogens is 2. The fourth-order valence-corrected chi connectivity index (χ4v) is 2.46. The fourth-order valence-electron chi connectivity index (χ4n) is 2.46. The number of rotatable bonds is 3. The van der Waals surface area contributed by atoms with Crippen LogP contribution in [0.5, 0.6) is 0 Å². The van der Waals surface area contributed by atoms with E-state index in [0.29, 0.717) is 12.2 Å². The highest BCUT2D eigenvalue weighted by molar-refractivity contribution is 5.94. The van der Waals surface area contributed by atoms with Gasteiger partial charge < -0.3 is 14.6 Å². The molecule has 1 aliphatic heterocycles. The Morgan fingerprint density at radius 3 is 3.05 bits per heavy atom. The molecule has 6 nitrogen and oxygen atoms in total. The molecule has 0 aromatic carbocycles. The van der Waals surface area contributed by atoms with Crippen molar-refractivity contribution in [2.45, 2.75) is 25.9 Å². The van der Waals surface area contributed by atoms with Gasteiger partial charge in [-0.2, -0.15) is 5.10 Å². The minimum atomic E-state index is -0.124. The lowest BCUT2D eigenvalue weighted by Gasteiger charge is -2.23. The molecule has 7 heteroatoms. The smallest absolute Gasteiger partial charge is 0.275 e. The van der Waals surface area contributed by atoms with Crippen LogP contribution in [-0.2, 0) is 13.0 Å². The van der Waals surface area contributed by atoms with E-state index < -0.39 is 0 Å². The van der Waals surface area contributed by atoms with E-state index in [1.165, 1.54) is 0 Å². The Bertz CT molecular complexity index is 609. The summed E-state index contributed by atoms with van der Waals surface area (Å²) in [5.74, 6) is 0.679. The molecule has 0 aliphatic carbocycles. The summed E-state index contributed by atoms with van der Waals surface area (Å²) < 4.78 is 5.36. The highest BCUT2D eigenvalue weighted by atomic mass is 35.5. The van der Waals surface area contributed by atoms with E-state index in [2.05, 4.69) is 15.5 Å². The van der Waals surface area contributed by atoms with E-state index in [0.717, 1.165) is 30.0 Å². The normalized spacial score (nSPS) is 15.0. The Kier molecular flexibility index (Phi) is 4.69. The SMILES string of the molecule is CC(c1ccco1)N(C)C(=O)c1n[nH]c2c1CNCC2.Cl. The van der Waals surface area contributed by atoms with Gasteiger partial charge in [0.15, 0.2) is 5.69 Å². The molecular weight excluding hydrogens is 292 g/mol. The molecule has 0 saturated heterocycles. The maximum atomic E-state index is 12.6. The average Bonchev–Trinajstić information content (AvgIpc) is 3.14. The number of H-pyrrole nitrogens is 1. The molecule has 1 amide bonds. The van der Waals surface area contributed by atoms with Crippen molar-refractivity contribution in [3.63, 3.8) is 0 Å². The van der Waals surface area contributed by atoms with Gasteiger partial charge in [-0.3, -0.25) is 9.89 Å². The number of amides is 1. The lowest BCUT2D eigenvalue weighted by Crippen LogP contribution is -2.32. The van der Waals surface area contributed by atoms with Gasteiger partial charge in [-0.25, -0.2) is 0 Å². The molecule has 3 rings (SSSR count). The van der Waals surface area contributed by atoms with Gasteiger partial charge in [-0.15, -0.1) is 12.4 Å². The Labute approximate surface area is 129 Å². The van der Waals surface area contributed by atoms with Crippen molar-refractivity contribution in [1.29, 1.82) is 0 Å². The number of furan rings is 1. The summed E-state index contributed by atoms with van der Waals surface area (Å²) in [6.45, 7) is 3.55. The number of nitrogens with zero attached hydrogens (tertiary/aromatic N) is 2. The number of hydrogen-bond donors (Lipinski definition) is 2. The number of carbonyl (C=O) groups is 1. The van der Waals surface area contributed by atoms with Crippen LogP contribution in [0.3, 0.4) is 0 Å². The molecule has 2 aromatic heterocycles. The van der Waals surface area contributed by atoms with E-state index in [1.807, 2.05) is 19.1 Å². The zero-order valence-corrected chi connectivity index (χ0v) is 12.9. The Balaban J connectivity index is 0.00000161. The fraction of sp³-hybridized carbons (Fsp3) is 0.429. The lowest BCUT2D eigenvalue weighted by atomic mass is 10.1. The van der Waals surface area contributed by atoms with Crippen LogP contribution in [0.4, 0.5) is 0 Å². The lowest BCUT2D eigenvalue weighted by molar-refractivity contribution is 0.0719. The van der Waals surface area contributed by atoms with Crippen LogP contribution in [-0.4, -0.2) is 34.6 Å². The molecule has 114 valence electrons. The van der Waals surface area contributed by atoms with Crippen LogP contribution in [0.15, 0.2) is 22.8 Å². The number of carbonyl (C=O) groups excluding carboxylic acids is 1. The average molecular weight is 311 g/mol. The van der Waals surface area contributed by atoms with Crippen LogP contribution < -0.4 is 5.32 Å². The van der Waals surface area contributed by atoms with E-state index in [4.69, 9.17) is 4.42 Å². The first-order valence-corrected chi connectivity index (χ1v) is 6.76. The Hall–Kier alpha value is -1.79. The maximum absolute atomic E-state index is 12.6. The summed E-state index contributed by atoms with van der Waals surface area (Å²) in [6, 6.07) is 3.57. The maximum Gasteiger partial charge on any atom is 0.275 e. The van der Waals surface area contributed by atoms with Crippen molar-refractivity contribution in [3.05, 3.63) is 41.1 Å². The third-order valence-corrected chi connectivity index (χ3v) is 3.87. The zero-order chi connectivity index (χ0) is 14.1. The van der Waals surface area contributed by atoms with Crippen LogP contribution in [0, 0.1) is 0 Å². The molecular formula is C14H19ClN4O2. The molecule has 0 bridgehead atoms. The Morgan fingerprint density at radius 2 is 2.33 bits per heavy atom. The second kappa shape index (κ2) is 6.32. The van der Waals surface area contributed by atoms with Crippen LogP contribution in [0.2, 0.25) is 0 Å². The minimum Gasteiger partial charge on any atom is -0.467 e. The van der Waals surface area contributed by atoms with E-state index >= 15 is 0 Å². The van der Waals surface area contributed by atoms with Crippen molar-refractivity contribution in [2.75, 3.05) is 13.6 Å². The predicted octanol–water partition coefficient (Wildman–Crippen LogP) is 1.90. The molecule has 2 N–H and O–H groups in total. The minimum absolute atomic E-state index is 0. The summed E-state index contributed by atoms with van der Waals surface area (Å²) in [6.07, 6.45) is 2.50. The van der Waals surface area contributed by atoms with Crippen LogP contribution in [0.25, 0.3) is 0 Å². The summed E-state index contributed by atoms with van der Waals surface area (Å²) in [7, 11) is 1.77. The molecule has 0 radical (unpaired) electrons. The van der Waals surface area contributed by atoms with Crippen LogP contribution >= 0.6 is 12.4 Å². The van der Waals surface area contributed by atoms with Gasteiger partial charge in [0.25, 0.3) is 5.91 Å². The van der Waals surface area contributed by atoms with Gasteiger partial charge in [0.05, 0.1) is 12.3 Å². The molecule has 0 saturated carbocycles. The van der Waals surface area contributed by atoms with Gasteiger partial charge in [0.1, 0.15) is 5.76 Å². The van der Waals surface area contributed by atoms with Gasteiger partial charge in [-0.05, 0) is 19.1 Å². The van der Waals surface area contributed by atoms with E-state index in [-0.39, 0.29) is 24.4 Å². The van der Waals surface area contributed by atoms with Crippen molar-refractivity contribution in [3.8, 4) is 0 Å². The topological polar surface area (TPSA) is 74.2 Å². The van der Waals surface area contributed by atoms with Crippen LogP contribution in [0.1, 0.15) is 40.5 Å². The molecule has 0 fully saturated rings. The van der Waals surface area contributed by atoms with Gasteiger partial charge in [0, 0.05) is 37.8 Å². The van der Waals surface area contributed by atoms with Gasteiger partial charge in [0.2, 0.25) is 0 Å². The van der Waals surface area contributed by atoms with Crippen molar-refractivity contribution in [2.24, 2.45) is 0 Å². The molecule has 2 aromatic rings. The standard InChI is InChI=1S/C14H18N4O2.ClH/c1-9(12-4-3-7-20-12)18(2)14(19)13-10-8-15-6-5-11(10)16-17-13;/h3-4,7,9,15H,5-6,8H2,1-2H3,(H,16,17);1H. The second-order valence-electron chi connectivity index (χ2n) is 5.06. The largest absolute Gasteiger partial charge is 0.467 e. The summed E-state index contributed by atoms with van der Waals surface area (Å²) in [5, 5.41) is 10.4. The summed E-state index contributed by atoms with van der Waals surface area (Å²) >= 11 is 0. The van der Waals surface area contributed by atoms with E-state index in [1.54, 1.807) is 18.2 Å². The first kappa shape index (κ1) is 15.6. The number of fused-ring (bicyclic) bond motifs is 1. The second-order valence-corrected chi connectivity index (χ2v) is 5.06. The van der Waals surface area contributed by atoms with Gasteiger partial charge in [-0.1, -0.05) is 0 Å². The van der Waals surface area contributed by atoms with Gasteiger partial charge >= 0.3 is 0 Å². The number of aromatic amines is 1. The molecule has 1 atom stereocenters. The quantitative estimate of drug-likeness (QED) is 0.908. The highest BCUT2D eigenvalue weighted by Crippen LogP contribution is 2.23. The predicted molar refractivity (Wildman–Crippen MR) is 80.5 cm³/mol. The number of nitrogens with one attached hydrogen (secondary N) is 2. The third kappa shape index (κ3) is 2.82. The highest BCUT2D eigenvalue weighted by Gasteiger charge is 2.27. The monoisotopic (exact) mass is 310 g/mol. The van der Waals surface area contributed by atoms with Crippen molar-refractivity contribution >= 4 is 18.3 Å². The molecule has 1 aliphatic rings. The first-order valence-electron chi connectivity index (χ1n) is 6.76. The first-order chi connectivity index (χ1) is 9.68. The van der Waals surface area contributed by atoms with E-state index in [9.17, 15) is 4.79 Å². The Morgan fingerprint density at radius 1 is 1.52 bits per heavy atom. The summed E-state index contributed by atoms with van der Waals surface area (Å²) in [4.78, 5) is 14.2. The van der Waals surface area contributed by atoms with Crippen molar-refractivity contribution in [1.82, 2.24) is 20.4 Å².